The lowest BCUT2D eigenvalue weighted by molar-refractivity contribution is -0.167. The van der Waals surface area contributed by atoms with Gasteiger partial charge in [-0.1, -0.05) is 229 Å². The summed E-state index contributed by atoms with van der Waals surface area (Å²) in [5.74, 6) is -0.975. The van der Waals surface area contributed by atoms with Crippen LogP contribution in [0.15, 0.2) is 60.8 Å². The molecule has 0 aliphatic rings. The predicted octanol–water partition coefficient (Wildman–Crippen LogP) is 14.9. The van der Waals surface area contributed by atoms with Crippen molar-refractivity contribution in [3.63, 3.8) is 0 Å². The number of rotatable bonds is 41. The summed E-state index contributed by atoms with van der Waals surface area (Å²) >= 11 is 0. The Morgan fingerprint density at radius 1 is 0.375 bits per heavy atom. The van der Waals surface area contributed by atoms with Crippen molar-refractivity contribution in [2.75, 3.05) is 13.2 Å². The van der Waals surface area contributed by atoms with E-state index in [1.165, 1.54) is 122 Å². The van der Waals surface area contributed by atoms with Crippen LogP contribution in [0.3, 0.4) is 0 Å². The summed E-state index contributed by atoms with van der Waals surface area (Å²) in [5.41, 5.74) is 0. The molecule has 0 saturated heterocycles. The molecule has 0 fully saturated rings. The fourth-order valence-electron chi connectivity index (χ4n) is 6.41. The Morgan fingerprint density at radius 3 is 1.07 bits per heavy atom. The number of hydrogen-bond donors (Lipinski definition) is 0. The van der Waals surface area contributed by atoms with Gasteiger partial charge in [-0.2, -0.15) is 0 Å². The minimum Gasteiger partial charge on any atom is -0.462 e. The topological polar surface area (TPSA) is 78.9 Å². The first-order valence-electron chi connectivity index (χ1n) is 23.4. The van der Waals surface area contributed by atoms with Crippen molar-refractivity contribution < 1.29 is 28.6 Å². The molecule has 56 heavy (non-hydrogen) atoms. The number of allylic oxidation sites excluding steroid dienone is 10. The molecule has 0 spiro atoms. The van der Waals surface area contributed by atoms with Gasteiger partial charge in [0.25, 0.3) is 0 Å². The van der Waals surface area contributed by atoms with Gasteiger partial charge in [0.05, 0.1) is 0 Å². The second-order valence-electron chi connectivity index (χ2n) is 15.4. The molecule has 0 bridgehead atoms. The summed E-state index contributed by atoms with van der Waals surface area (Å²) in [7, 11) is 0. The summed E-state index contributed by atoms with van der Waals surface area (Å²) in [4.78, 5) is 37.7. The zero-order valence-corrected chi connectivity index (χ0v) is 36.6. The minimum absolute atomic E-state index is 0.100. The van der Waals surface area contributed by atoms with Crippen LogP contribution in [0, 0.1) is 0 Å². The van der Waals surface area contributed by atoms with Crippen molar-refractivity contribution in [3.8, 4) is 0 Å². The summed E-state index contributed by atoms with van der Waals surface area (Å²) < 4.78 is 16.6. The van der Waals surface area contributed by atoms with E-state index in [-0.39, 0.29) is 37.5 Å². The van der Waals surface area contributed by atoms with E-state index in [0.29, 0.717) is 19.3 Å². The Kier molecular flexibility index (Phi) is 42.5. The van der Waals surface area contributed by atoms with Crippen molar-refractivity contribution in [3.05, 3.63) is 60.8 Å². The second kappa shape index (κ2) is 44.8. The summed E-state index contributed by atoms with van der Waals surface area (Å²) in [6.07, 6.45) is 53.5. The molecule has 0 heterocycles. The summed E-state index contributed by atoms with van der Waals surface area (Å²) in [6, 6.07) is 0. The predicted molar refractivity (Wildman–Crippen MR) is 238 cm³/mol. The van der Waals surface area contributed by atoms with Crippen LogP contribution >= 0.6 is 0 Å². The minimum atomic E-state index is -0.805. The lowest BCUT2D eigenvalue weighted by atomic mass is 10.0. The van der Waals surface area contributed by atoms with Crippen molar-refractivity contribution >= 4 is 17.9 Å². The van der Waals surface area contributed by atoms with Gasteiger partial charge in [0.1, 0.15) is 13.2 Å². The SMILES string of the molecule is CC\C=C/C=C\C=C/C=C\C=C/CCCC(=O)OC(COC(=O)CCCCCCCCCCCC)COC(=O)CCCCCCCCCCCCCCCCC. The average molecular weight is 783 g/mol. The molecule has 322 valence electrons. The lowest BCUT2D eigenvalue weighted by Gasteiger charge is -2.18. The number of carbonyl (C=O) groups is 3. The van der Waals surface area contributed by atoms with Gasteiger partial charge in [-0.25, -0.2) is 0 Å². The number of hydrogen-bond acceptors (Lipinski definition) is 6. The van der Waals surface area contributed by atoms with Gasteiger partial charge >= 0.3 is 17.9 Å². The van der Waals surface area contributed by atoms with Gasteiger partial charge in [-0.3, -0.25) is 14.4 Å². The highest BCUT2D eigenvalue weighted by molar-refractivity contribution is 5.71. The van der Waals surface area contributed by atoms with E-state index in [9.17, 15) is 14.4 Å². The van der Waals surface area contributed by atoms with Gasteiger partial charge in [0, 0.05) is 19.3 Å². The van der Waals surface area contributed by atoms with Crippen LogP contribution in [0.4, 0.5) is 0 Å². The van der Waals surface area contributed by atoms with Gasteiger partial charge in [-0.15, -0.1) is 0 Å². The van der Waals surface area contributed by atoms with Crippen LogP contribution in [0.2, 0.25) is 0 Å². The van der Waals surface area contributed by atoms with Gasteiger partial charge in [-0.05, 0) is 32.1 Å². The molecule has 1 unspecified atom stereocenters. The monoisotopic (exact) mass is 783 g/mol. The molecule has 0 saturated carbocycles. The molecule has 0 radical (unpaired) electrons. The summed E-state index contributed by atoms with van der Waals surface area (Å²) in [6.45, 7) is 6.41. The molecular weight excluding hydrogens is 697 g/mol. The number of unbranched alkanes of at least 4 members (excludes halogenated alkanes) is 24. The maximum atomic E-state index is 12.7. The van der Waals surface area contributed by atoms with Crippen LogP contribution in [0.25, 0.3) is 0 Å². The van der Waals surface area contributed by atoms with Crippen molar-refractivity contribution in [1.82, 2.24) is 0 Å². The first-order chi connectivity index (χ1) is 27.5. The van der Waals surface area contributed by atoms with Gasteiger partial charge in [0.2, 0.25) is 0 Å². The molecule has 0 aromatic carbocycles. The standard InChI is InChI=1S/C50H86O6/c1-4-7-10-13-16-19-22-24-25-27-28-31-34-37-40-43-49(52)55-46-47(45-54-48(51)42-39-36-33-30-21-18-15-12-9-6-3)56-50(53)44-41-38-35-32-29-26-23-20-17-14-11-8-5-2/h8,11,14,17,20,23,26,29,32,35,47H,4-7,9-10,12-13,15-16,18-19,21-22,24-25,27-28,30-31,33-34,36-46H2,1-3H3/b11-8-,17-14-,23-20-,29-26-,35-32-. The third kappa shape index (κ3) is 42.3. The normalized spacial score (nSPS) is 12.6. The Labute approximate surface area is 345 Å². The first kappa shape index (κ1) is 53.1. The molecule has 0 N–H and O–H groups in total. The van der Waals surface area contributed by atoms with E-state index in [4.69, 9.17) is 14.2 Å². The maximum absolute atomic E-state index is 12.7. The zero-order valence-electron chi connectivity index (χ0n) is 36.6. The molecule has 6 nitrogen and oxygen atoms in total. The molecule has 0 amide bonds. The van der Waals surface area contributed by atoms with Crippen LogP contribution < -0.4 is 0 Å². The van der Waals surface area contributed by atoms with Gasteiger partial charge in [0.15, 0.2) is 6.10 Å². The quantitative estimate of drug-likeness (QED) is 0.0266. The van der Waals surface area contributed by atoms with Gasteiger partial charge < -0.3 is 14.2 Å². The largest absolute Gasteiger partial charge is 0.462 e. The zero-order chi connectivity index (χ0) is 40.8. The molecule has 0 rings (SSSR count). The van der Waals surface area contributed by atoms with E-state index in [1.54, 1.807) is 0 Å². The fourth-order valence-corrected chi connectivity index (χ4v) is 6.41. The first-order valence-corrected chi connectivity index (χ1v) is 23.4. The van der Waals surface area contributed by atoms with E-state index < -0.39 is 6.10 Å². The molecule has 1 atom stereocenters. The lowest BCUT2D eigenvalue weighted by Crippen LogP contribution is -2.30. The van der Waals surface area contributed by atoms with E-state index in [2.05, 4.69) is 26.8 Å². The highest BCUT2D eigenvalue weighted by Crippen LogP contribution is 2.15. The number of esters is 3. The van der Waals surface area contributed by atoms with Crippen molar-refractivity contribution in [1.29, 1.82) is 0 Å². The smallest absolute Gasteiger partial charge is 0.306 e. The highest BCUT2D eigenvalue weighted by atomic mass is 16.6. The third-order valence-electron chi connectivity index (χ3n) is 9.91. The summed E-state index contributed by atoms with van der Waals surface area (Å²) in [5, 5.41) is 0. The van der Waals surface area contributed by atoms with Crippen LogP contribution in [-0.4, -0.2) is 37.2 Å². The number of carbonyl (C=O) groups excluding carboxylic acids is 3. The van der Waals surface area contributed by atoms with Crippen LogP contribution in [-0.2, 0) is 28.6 Å². The Bertz CT molecular complexity index is 1040. The molecule has 0 aliphatic carbocycles. The molecule has 0 aromatic heterocycles. The second-order valence-corrected chi connectivity index (χ2v) is 15.4. The van der Waals surface area contributed by atoms with Crippen molar-refractivity contribution in [2.24, 2.45) is 0 Å². The molecule has 0 aliphatic heterocycles. The van der Waals surface area contributed by atoms with E-state index >= 15 is 0 Å². The fraction of sp³-hybridized carbons (Fsp3) is 0.740. The van der Waals surface area contributed by atoms with Crippen LogP contribution in [0.1, 0.15) is 220 Å². The molecule has 0 aromatic rings. The van der Waals surface area contributed by atoms with Crippen LogP contribution in [0.5, 0.6) is 0 Å². The van der Waals surface area contributed by atoms with E-state index in [0.717, 1.165) is 51.4 Å². The van der Waals surface area contributed by atoms with Crippen molar-refractivity contribution in [2.45, 2.75) is 226 Å². The Balaban J connectivity index is 4.45. The van der Waals surface area contributed by atoms with E-state index in [1.807, 2.05) is 54.7 Å². The maximum Gasteiger partial charge on any atom is 0.306 e. The Hall–Kier alpha value is -2.89. The highest BCUT2D eigenvalue weighted by Gasteiger charge is 2.19. The molecule has 6 heteroatoms. The average Bonchev–Trinajstić information content (AvgIpc) is 3.19. The third-order valence-corrected chi connectivity index (χ3v) is 9.91. The Morgan fingerprint density at radius 2 is 0.696 bits per heavy atom. The number of ether oxygens (including phenoxy) is 3. The molecular formula is C50H86O6.